The van der Waals surface area contributed by atoms with Crippen molar-refractivity contribution < 1.29 is 4.79 Å². The van der Waals surface area contributed by atoms with Crippen LogP contribution in [0.1, 0.15) is 35.7 Å². The molecule has 2 aliphatic rings. The van der Waals surface area contributed by atoms with Crippen molar-refractivity contribution in [2.45, 2.75) is 25.3 Å². The number of piperazine rings is 1. The van der Waals surface area contributed by atoms with Crippen LogP contribution in [0.5, 0.6) is 0 Å². The van der Waals surface area contributed by atoms with Crippen molar-refractivity contribution in [3.8, 4) is 17.5 Å². The molecule has 1 aromatic heterocycles. The number of anilines is 1. The molecule has 2 amide bonds. The summed E-state index contributed by atoms with van der Waals surface area (Å²) in [6.45, 7) is 3.83. The van der Waals surface area contributed by atoms with Gasteiger partial charge in [-0.2, -0.15) is 10.4 Å². The second-order valence-corrected chi connectivity index (χ2v) is 8.40. The standard InChI is InChI=1S/C24H25N7O/c25-15-17-1-3-18(4-2-17)16-30-11-13-31(14-12-30)24(32)26-21-9-7-20(8-10-21)23-27-22(28-29-23)19-5-6-19/h1-4,7-10,19H,5-6,11-14,16H2,(H,26,32)(H,27,28,29). The third-order valence-electron chi connectivity index (χ3n) is 6.01. The minimum atomic E-state index is -0.0790. The van der Waals surface area contributed by atoms with Crippen LogP contribution in [0.4, 0.5) is 10.5 Å². The maximum atomic E-state index is 12.7. The Morgan fingerprint density at radius 3 is 2.44 bits per heavy atom. The summed E-state index contributed by atoms with van der Waals surface area (Å²) in [6, 6.07) is 17.4. The van der Waals surface area contributed by atoms with Crippen molar-refractivity contribution in [2.24, 2.45) is 0 Å². The van der Waals surface area contributed by atoms with E-state index < -0.39 is 0 Å². The monoisotopic (exact) mass is 427 g/mol. The first-order chi connectivity index (χ1) is 15.7. The van der Waals surface area contributed by atoms with Gasteiger partial charge in [-0.3, -0.25) is 10.00 Å². The first kappa shape index (κ1) is 20.2. The van der Waals surface area contributed by atoms with Crippen molar-refractivity contribution in [3.05, 3.63) is 65.5 Å². The van der Waals surface area contributed by atoms with Gasteiger partial charge in [-0.1, -0.05) is 12.1 Å². The molecule has 2 N–H and O–H groups in total. The van der Waals surface area contributed by atoms with Gasteiger partial charge >= 0.3 is 6.03 Å². The largest absolute Gasteiger partial charge is 0.322 e. The predicted octanol–water partition coefficient (Wildman–Crippen LogP) is 3.57. The summed E-state index contributed by atoms with van der Waals surface area (Å²) in [4.78, 5) is 21.4. The van der Waals surface area contributed by atoms with Crippen LogP contribution in [0, 0.1) is 11.3 Å². The van der Waals surface area contributed by atoms with Gasteiger partial charge in [0.15, 0.2) is 5.82 Å². The molecule has 1 saturated heterocycles. The minimum absolute atomic E-state index is 0.0790. The molecule has 162 valence electrons. The Morgan fingerprint density at radius 1 is 1.06 bits per heavy atom. The van der Waals surface area contributed by atoms with Crippen LogP contribution < -0.4 is 5.32 Å². The van der Waals surface area contributed by atoms with E-state index in [0.29, 0.717) is 30.4 Å². The number of aromatic amines is 1. The molecular weight excluding hydrogens is 402 g/mol. The number of urea groups is 1. The van der Waals surface area contributed by atoms with Crippen molar-refractivity contribution in [1.82, 2.24) is 25.0 Å². The average Bonchev–Trinajstić information content (AvgIpc) is 3.57. The summed E-state index contributed by atoms with van der Waals surface area (Å²) in [5, 5.41) is 19.2. The second kappa shape index (κ2) is 8.81. The third-order valence-corrected chi connectivity index (χ3v) is 6.01. The van der Waals surface area contributed by atoms with Gasteiger partial charge in [0, 0.05) is 49.9 Å². The summed E-state index contributed by atoms with van der Waals surface area (Å²) < 4.78 is 0. The predicted molar refractivity (Wildman–Crippen MR) is 121 cm³/mol. The topological polar surface area (TPSA) is 101 Å². The molecule has 0 unspecified atom stereocenters. The fourth-order valence-corrected chi connectivity index (χ4v) is 3.90. The molecule has 2 aromatic carbocycles. The number of aromatic nitrogens is 3. The van der Waals surface area contributed by atoms with Crippen LogP contribution >= 0.6 is 0 Å². The molecule has 32 heavy (non-hydrogen) atoms. The lowest BCUT2D eigenvalue weighted by Crippen LogP contribution is -2.49. The number of amides is 2. The summed E-state index contributed by atoms with van der Waals surface area (Å²) in [5.74, 6) is 2.21. The van der Waals surface area contributed by atoms with Crippen LogP contribution in [0.15, 0.2) is 48.5 Å². The van der Waals surface area contributed by atoms with Crippen LogP contribution in [-0.4, -0.2) is 57.2 Å². The zero-order valence-corrected chi connectivity index (χ0v) is 17.8. The third kappa shape index (κ3) is 4.63. The first-order valence-electron chi connectivity index (χ1n) is 11.0. The Balaban J connectivity index is 1.11. The normalized spacial score (nSPS) is 16.5. The lowest BCUT2D eigenvalue weighted by atomic mass is 10.1. The van der Waals surface area contributed by atoms with Gasteiger partial charge < -0.3 is 10.2 Å². The van der Waals surface area contributed by atoms with Crippen LogP contribution in [0.25, 0.3) is 11.4 Å². The van der Waals surface area contributed by atoms with Crippen LogP contribution in [0.3, 0.4) is 0 Å². The quantitative estimate of drug-likeness (QED) is 0.648. The lowest BCUT2D eigenvalue weighted by molar-refractivity contribution is 0.143. The van der Waals surface area contributed by atoms with E-state index >= 15 is 0 Å². The Hall–Kier alpha value is -3.70. The number of hydrogen-bond donors (Lipinski definition) is 2. The van der Waals surface area contributed by atoms with E-state index in [4.69, 9.17) is 5.26 Å². The molecule has 3 aromatic rings. The smallest absolute Gasteiger partial charge is 0.321 e. The lowest BCUT2D eigenvalue weighted by Gasteiger charge is -2.34. The minimum Gasteiger partial charge on any atom is -0.322 e. The molecule has 8 nitrogen and oxygen atoms in total. The van der Waals surface area contributed by atoms with Gasteiger partial charge in [0.2, 0.25) is 0 Å². The highest BCUT2D eigenvalue weighted by atomic mass is 16.2. The first-order valence-corrected chi connectivity index (χ1v) is 11.0. The number of benzene rings is 2. The number of nitriles is 1. The van der Waals surface area contributed by atoms with E-state index in [-0.39, 0.29) is 6.03 Å². The zero-order valence-electron chi connectivity index (χ0n) is 17.8. The molecule has 1 saturated carbocycles. The molecule has 1 aliphatic carbocycles. The van der Waals surface area contributed by atoms with Gasteiger partial charge in [0.25, 0.3) is 0 Å². The fourth-order valence-electron chi connectivity index (χ4n) is 3.90. The Labute approximate surface area is 186 Å². The van der Waals surface area contributed by atoms with Crippen LogP contribution in [0.2, 0.25) is 0 Å². The highest BCUT2D eigenvalue weighted by Crippen LogP contribution is 2.38. The zero-order chi connectivity index (χ0) is 21.9. The maximum Gasteiger partial charge on any atom is 0.321 e. The van der Waals surface area contributed by atoms with E-state index in [0.717, 1.165) is 36.7 Å². The Kier molecular flexibility index (Phi) is 5.57. The average molecular weight is 428 g/mol. The van der Waals surface area contributed by atoms with Gasteiger partial charge in [0.05, 0.1) is 11.6 Å². The van der Waals surface area contributed by atoms with Gasteiger partial charge in [-0.25, -0.2) is 9.78 Å². The van der Waals surface area contributed by atoms with Crippen LogP contribution in [-0.2, 0) is 6.54 Å². The molecule has 2 heterocycles. The van der Waals surface area contributed by atoms with E-state index in [9.17, 15) is 4.79 Å². The molecular formula is C24H25N7O. The molecule has 2 fully saturated rings. The van der Waals surface area contributed by atoms with Gasteiger partial charge in [-0.05, 0) is 54.8 Å². The summed E-state index contributed by atoms with van der Waals surface area (Å²) >= 11 is 0. The molecule has 0 spiro atoms. The highest BCUT2D eigenvalue weighted by Gasteiger charge is 2.27. The number of rotatable bonds is 5. The number of nitrogens with zero attached hydrogens (tertiary/aromatic N) is 5. The van der Waals surface area contributed by atoms with E-state index in [1.165, 1.54) is 18.4 Å². The molecule has 1 aliphatic heterocycles. The molecule has 5 rings (SSSR count). The number of nitrogens with one attached hydrogen (secondary N) is 2. The number of carbonyl (C=O) groups is 1. The van der Waals surface area contributed by atoms with E-state index in [1.807, 2.05) is 53.4 Å². The van der Waals surface area contributed by atoms with Gasteiger partial charge in [0.1, 0.15) is 5.82 Å². The maximum absolute atomic E-state index is 12.7. The Morgan fingerprint density at radius 2 is 1.78 bits per heavy atom. The van der Waals surface area contributed by atoms with Gasteiger partial charge in [-0.15, -0.1) is 0 Å². The number of H-pyrrole nitrogens is 1. The van der Waals surface area contributed by atoms with Crippen molar-refractivity contribution in [3.63, 3.8) is 0 Å². The molecule has 0 radical (unpaired) electrons. The summed E-state index contributed by atoms with van der Waals surface area (Å²) in [5.41, 5.74) is 3.55. The Bertz CT molecular complexity index is 1120. The van der Waals surface area contributed by atoms with Crippen molar-refractivity contribution in [2.75, 3.05) is 31.5 Å². The SMILES string of the molecule is N#Cc1ccc(CN2CCN(C(=O)Nc3ccc(-c4n[nH]c(C5CC5)n4)cc3)CC2)cc1. The summed E-state index contributed by atoms with van der Waals surface area (Å²) in [7, 11) is 0. The number of carbonyl (C=O) groups excluding carboxylic acids is 1. The summed E-state index contributed by atoms with van der Waals surface area (Å²) in [6.07, 6.45) is 2.37. The highest BCUT2D eigenvalue weighted by molar-refractivity contribution is 5.89. The molecule has 0 atom stereocenters. The van der Waals surface area contributed by atoms with E-state index in [1.54, 1.807) is 0 Å². The molecule has 0 bridgehead atoms. The van der Waals surface area contributed by atoms with E-state index in [2.05, 4.69) is 31.5 Å². The molecule has 8 heteroatoms. The van der Waals surface area contributed by atoms with Crippen molar-refractivity contribution in [1.29, 1.82) is 5.26 Å². The number of hydrogen-bond acceptors (Lipinski definition) is 5. The second-order valence-electron chi connectivity index (χ2n) is 8.40. The van der Waals surface area contributed by atoms with Crippen molar-refractivity contribution >= 4 is 11.7 Å². The fraction of sp³-hybridized carbons (Fsp3) is 0.333.